The highest BCUT2D eigenvalue weighted by molar-refractivity contribution is 5.37. The van der Waals surface area contributed by atoms with E-state index in [1.165, 1.54) is 0 Å². The van der Waals surface area contributed by atoms with Gasteiger partial charge in [0.25, 0.3) is 0 Å². The largest absolute Gasteiger partial charge is 0.390 e. The second-order valence-electron chi connectivity index (χ2n) is 4.80. The fourth-order valence-electron chi connectivity index (χ4n) is 2.11. The van der Waals surface area contributed by atoms with E-state index in [9.17, 15) is 5.11 Å². The molecule has 16 heavy (non-hydrogen) atoms. The normalized spacial score (nSPS) is 26.6. The maximum Gasteiger partial charge on any atom is 0.132 e. The molecule has 0 saturated carbocycles. The summed E-state index contributed by atoms with van der Waals surface area (Å²) in [7, 11) is 0. The van der Waals surface area contributed by atoms with Gasteiger partial charge in [-0.25, -0.2) is 9.97 Å². The van der Waals surface area contributed by atoms with Crippen LogP contribution in [0.25, 0.3) is 0 Å². The number of hydrogen-bond donors (Lipinski definition) is 1. The summed E-state index contributed by atoms with van der Waals surface area (Å²) in [4.78, 5) is 10.8. The zero-order valence-electron chi connectivity index (χ0n) is 9.98. The minimum Gasteiger partial charge on any atom is -0.390 e. The van der Waals surface area contributed by atoms with Gasteiger partial charge in [-0.3, -0.25) is 0 Å². The van der Waals surface area contributed by atoms with E-state index in [4.69, 9.17) is 0 Å². The van der Waals surface area contributed by atoms with Crippen molar-refractivity contribution in [1.29, 1.82) is 0 Å². The van der Waals surface area contributed by atoms with E-state index in [0.717, 1.165) is 44.0 Å². The van der Waals surface area contributed by atoms with Crippen molar-refractivity contribution in [2.75, 3.05) is 18.0 Å². The molecule has 0 radical (unpaired) electrons. The Morgan fingerprint density at radius 1 is 1.38 bits per heavy atom. The number of hydrogen-bond acceptors (Lipinski definition) is 4. The molecular formula is C12H19N3O. The van der Waals surface area contributed by atoms with Crippen molar-refractivity contribution in [3.05, 3.63) is 18.1 Å². The van der Waals surface area contributed by atoms with Crippen LogP contribution in [0.5, 0.6) is 0 Å². The summed E-state index contributed by atoms with van der Waals surface area (Å²) in [5, 5.41) is 10.0. The Bertz CT molecular complexity index is 365. The molecule has 1 aliphatic heterocycles. The van der Waals surface area contributed by atoms with E-state index < -0.39 is 5.60 Å². The van der Waals surface area contributed by atoms with Crippen LogP contribution in [-0.2, 0) is 0 Å². The van der Waals surface area contributed by atoms with Crippen molar-refractivity contribution in [1.82, 2.24) is 9.97 Å². The van der Waals surface area contributed by atoms with Gasteiger partial charge in [0, 0.05) is 19.3 Å². The number of anilines is 1. The third-order valence-electron chi connectivity index (χ3n) is 3.15. The molecule has 0 bridgehead atoms. The molecule has 1 aromatic heterocycles. The molecule has 1 aliphatic rings. The Kier molecular flexibility index (Phi) is 3.10. The molecule has 1 atom stereocenters. The molecule has 0 aliphatic carbocycles. The minimum atomic E-state index is -0.517. The predicted octanol–water partition coefficient (Wildman–Crippen LogP) is 1.53. The Morgan fingerprint density at radius 2 is 2.19 bits per heavy atom. The third-order valence-corrected chi connectivity index (χ3v) is 3.15. The standard InChI is InChI=1S/C12H19N3O/c1-10-13-7-4-11(14-10)15-8-3-5-12(2,16)6-9-15/h4,7,16H,3,5-6,8-9H2,1-2H3. The molecule has 2 heterocycles. The predicted molar refractivity (Wildman–Crippen MR) is 63.5 cm³/mol. The molecule has 2 rings (SSSR count). The lowest BCUT2D eigenvalue weighted by Crippen LogP contribution is -2.28. The first-order valence-corrected chi connectivity index (χ1v) is 5.84. The summed E-state index contributed by atoms with van der Waals surface area (Å²) in [6.07, 6.45) is 4.47. The highest BCUT2D eigenvalue weighted by atomic mass is 16.3. The van der Waals surface area contributed by atoms with Crippen LogP contribution in [0.4, 0.5) is 5.82 Å². The lowest BCUT2D eigenvalue weighted by Gasteiger charge is -2.23. The Morgan fingerprint density at radius 3 is 2.94 bits per heavy atom. The van der Waals surface area contributed by atoms with Crippen molar-refractivity contribution >= 4 is 5.82 Å². The first-order chi connectivity index (χ1) is 7.57. The van der Waals surface area contributed by atoms with Gasteiger partial charge in [0.1, 0.15) is 11.6 Å². The highest BCUT2D eigenvalue weighted by Crippen LogP contribution is 2.23. The monoisotopic (exact) mass is 221 g/mol. The van der Waals surface area contributed by atoms with Gasteiger partial charge in [0.05, 0.1) is 5.60 Å². The van der Waals surface area contributed by atoms with Gasteiger partial charge in [-0.1, -0.05) is 0 Å². The Hall–Kier alpha value is -1.16. The van der Waals surface area contributed by atoms with E-state index in [1.54, 1.807) is 6.20 Å². The lowest BCUT2D eigenvalue weighted by molar-refractivity contribution is 0.0481. The molecule has 4 heteroatoms. The summed E-state index contributed by atoms with van der Waals surface area (Å²) >= 11 is 0. The van der Waals surface area contributed by atoms with Gasteiger partial charge in [0.15, 0.2) is 0 Å². The van der Waals surface area contributed by atoms with Crippen LogP contribution in [0.15, 0.2) is 12.3 Å². The SMILES string of the molecule is Cc1nccc(N2CCCC(C)(O)CC2)n1. The molecule has 1 unspecified atom stereocenters. The number of nitrogens with zero attached hydrogens (tertiary/aromatic N) is 3. The summed E-state index contributed by atoms with van der Waals surface area (Å²) in [6.45, 7) is 5.65. The summed E-state index contributed by atoms with van der Waals surface area (Å²) in [5.74, 6) is 1.78. The number of rotatable bonds is 1. The molecule has 1 fully saturated rings. The average molecular weight is 221 g/mol. The smallest absolute Gasteiger partial charge is 0.132 e. The van der Waals surface area contributed by atoms with Gasteiger partial charge in [0.2, 0.25) is 0 Å². The van der Waals surface area contributed by atoms with E-state index in [-0.39, 0.29) is 0 Å². The molecular weight excluding hydrogens is 202 g/mol. The average Bonchev–Trinajstić information content (AvgIpc) is 2.39. The first-order valence-electron chi connectivity index (χ1n) is 5.84. The number of aryl methyl sites for hydroxylation is 1. The van der Waals surface area contributed by atoms with Crippen LogP contribution in [-0.4, -0.2) is 33.8 Å². The third kappa shape index (κ3) is 2.70. The molecule has 4 nitrogen and oxygen atoms in total. The van der Waals surface area contributed by atoms with Gasteiger partial charge < -0.3 is 10.0 Å². The van der Waals surface area contributed by atoms with Crippen molar-refractivity contribution in [3.8, 4) is 0 Å². The van der Waals surface area contributed by atoms with Crippen LogP contribution in [0.1, 0.15) is 32.0 Å². The molecule has 0 spiro atoms. The second kappa shape index (κ2) is 4.37. The Balaban J connectivity index is 2.11. The molecule has 0 aromatic carbocycles. The van der Waals surface area contributed by atoms with Crippen molar-refractivity contribution in [3.63, 3.8) is 0 Å². The first kappa shape index (κ1) is 11.3. The zero-order chi connectivity index (χ0) is 11.6. The van der Waals surface area contributed by atoms with Crippen LogP contribution in [0, 0.1) is 6.92 Å². The van der Waals surface area contributed by atoms with E-state index >= 15 is 0 Å². The zero-order valence-corrected chi connectivity index (χ0v) is 9.98. The van der Waals surface area contributed by atoms with Crippen molar-refractivity contribution in [2.24, 2.45) is 0 Å². The highest BCUT2D eigenvalue weighted by Gasteiger charge is 2.25. The van der Waals surface area contributed by atoms with Crippen molar-refractivity contribution in [2.45, 2.75) is 38.7 Å². The minimum absolute atomic E-state index is 0.517. The molecule has 1 saturated heterocycles. The van der Waals surface area contributed by atoms with Gasteiger partial charge >= 0.3 is 0 Å². The van der Waals surface area contributed by atoms with Crippen molar-refractivity contribution < 1.29 is 5.11 Å². The summed E-state index contributed by atoms with van der Waals surface area (Å²) in [6, 6.07) is 1.94. The van der Waals surface area contributed by atoms with Crippen LogP contribution < -0.4 is 4.90 Å². The van der Waals surface area contributed by atoms with Crippen LogP contribution in [0.3, 0.4) is 0 Å². The number of aliphatic hydroxyl groups is 1. The quantitative estimate of drug-likeness (QED) is 0.781. The van der Waals surface area contributed by atoms with Gasteiger partial charge in [-0.2, -0.15) is 0 Å². The molecule has 88 valence electrons. The maximum atomic E-state index is 10.0. The van der Waals surface area contributed by atoms with E-state index in [2.05, 4.69) is 14.9 Å². The van der Waals surface area contributed by atoms with Crippen LogP contribution in [0.2, 0.25) is 0 Å². The summed E-state index contributed by atoms with van der Waals surface area (Å²) in [5.41, 5.74) is -0.517. The molecule has 1 aromatic rings. The Labute approximate surface area is 96.3 Å². The lowest BCUT2D eigenvalue weighted by atomic mass is 9.98. The van der Waals surface area contributed by atoms with E-state index in [1.807, 2.05) is 19.9 Å². The van der Waals surface area contributed by atoms with Crippen LogP contribution >= 0.6 is 0 Å². The number of aromatic nitrogens is 2. The molecule has 0 amide bonds. The maximum absolute atomic E-state index is 10.0. The fourth-order valence-corrected chi connectivity index (χ4v) is 2.11. The fraction of sp³-hybridized carbons (Fsp3) is 0.667. The second-order valence-corrected chi connectivity index (χ2v) is 4.80. The summed E-state index contributed by atoms with van der Waals surface area (Å²) < 4.78 is 0. The topological polar surface area (TPSA) is 49.2 Å². The van der Waals surface area contributed by atoms with Gasteiger partial charge in [-0.15, -0.1) is 0 Å². The van der Waals surface area contributed by atoms with Gasteiger partial charge in [-0.05, 0) is 39.2 Å². The van der Waals surface area contributed by atoms with E-state index in [0.29, 0.717) is 0 Å². The molecule has 1 N–H and O–H groups in total.